The molecule has 0 aliphatic heterocycles. The highest BCUT2D eigenvalue weighted by atomic mass is 16.3. The molecule has 1 aliphatic rings. The van der Waals surface area contributed by atoms with E-state index < -0.39 is 5.60 Å². The van der Waals surface area contributed by atoms with Crippen LogP contribution in [0.2, 0.25) is 0 Å². The minimum atomic E-state index is -0.546. The second kappa shape index (κ2) is 4.57. The summed E-state index contributed by atoms with van der Waals surface area (Å²) in [5, 5.41) is 13.4. The average Bonchev–Trinajstić information content (AvgIpc) is 2.29. The van der Waals surface area contributed by atoms with Crippen LogP contribution in [0.25, 0.3) is 0 Å². The van der Waals surface area contributed by atoms with Gasteiger partial charge in [-0.1, -0.05) is 19.3 Å². The van der Waals surface area contributed by atoms with Crippen molar-refractivity contribution in [2.24, 2.45) is 0 Å². The van der Waals surface area contributed by atoms with E-state index in [-0.39, 0.29) is 0 Å². The van der Waals surface area contributed by atoms with Crippen LogP contribution in [0.15, 0.2) is 18.6 Å². The van der Waals surface area contributed by atoms with E-state index in [1.165, 1.54) is 6.42 Å². The summed E-state index contributed by atoms with van der Waals surface area (Å²) >= 11 is 0. The molecule has 1 fully saturated rings. The number of aromatic nitrogens is 2. The SMILES string of the molecule is OC1(CNc2cnccn2)CCCCC1. The molecule has 0 amide bonds. The molecule has 1 aromatic rings. The highest BCUT2D eigenvalue weighted by Crippen LogP contribution is 2.27. The van der Waals surface area contributed by atoms with Gasteiger partial charge in [-0.25, -0.2) is 4.98 Å². The van der Waals surface area contributed by atoms with Gasteiger partial charge in [-0.15, -0.1) is 0 Å². The Morgan fingerprint density at radius 1 is 1.27 bits per heavy atom. The van der Waals surface area contributed by atoms with E-state index in [9.17, 15) is 5.11 Å². The van der Waals surface area contributed by atoms with E-state index in [1.54, 1.807) is 18.6 Å². The van der Waals surface area contributed by atoms with Gasteiger partial charge in [0.25, 0.3) is 0 Å². The van der Waals surface area contributed by atoms with Gasteiger partial charge in [-0.05, 0) is 12.8 Å². The molecule has 4 heteroatoms. The van der Waals surface area contributed by atoms with E-state index in [2.05, 4.69) is 15.3 Å². The normalized spacial score (nSPS) is 19.8. The summed E-state index contributed by atoms with van der Waals surface area (Å²) in [5.41, 5.74) is -0.546. The van der Waals surface area contributed by atoms with Crippen molar-refractivity contribution in [3.63, 3.8) is 0 Å². The highest BCUT2D eigenvalue weighted by molar-refractivity contribution is 5.30. The van der Waals surface area contributed by atoms with Crippen LogP contribution in [0.1, 0.15) is 32.1 Å². The summed E-state index contributed by atoms with van der Waals surface area (Å²) in [6.45, 7) is 0.575. The highest BCUT2D eigenvalue weighted by Gasteiger charge is 2.28. The first-order valence-electron chi connectivity index (χ1n) is 5.51. The molecule has 0 atom stereocenters. The van der Waals surface area contributed by atoms with Crippen molar-refractivity contribution in [2.75, 3.05) is 11.9 Å². The van der Waals surface area contributed by atoms with Crippen molar-refractivity contribution in [3.8, 4) is 0 Å². The molecule has 2 N–H and O–H groups in total. The van der Waals surface area contributed by atoms with E-state index in [0.29, 0.717) is 6.54 Å². The van der Waals surface area contributed by atoms with Crippen LogP contribution in [0.5, 0.6) is 0 Å². The number of aliphatic hydroxyl groups is 1. The first-order valence-corrected chi connectivity index (χ1v) is 5.51. The quantitative estimate of drug-likeness (QED) is 0.790. The van der Waals surface area contributed by atoms with Crippen molar-refractivity contribution >= 4 is 5.82 Å². The maximum atomic E-state index is 10.2. The summed E-state index contributed by atoms with van der Waals surface area (Å²) in [6, 6.07) is 0. The third kappa shape index (κ3) is 2.89. The van der Waals surface area contributed by atoms with Gasteiger partial charge in [0.05, 0.1) is 11.8 Å². The molecule has 1 aliphatic carbocycles. The molecule has 0 bridgehead atoms. The maximum absolute atomic E-state index is 10.2. The van der Waals surface area contributed by atoms with E-state index in [1.807, 2.05) is 0 Å². The van der Waals surface area contributed by atoms with Crippen molar-refractivity contribution in [3.05, 3.63) is 18.6 Å². The number of anilines is 1. The Morgan fingerprint density at radius 2 is 2.07 bits per heavy atom. The second-order valence-corrected chi connectivity index (χ2v) is 4.23. The van der Waals surface area contributed by atoms with Crippen molar-refractivity contribution in [2.45, 2.75) is 37.7 Å². The van der Waals surface area contributed by atoms with Crippen molar-refractivity contribution in [1.29, 1.82) is 0 Å². The molecular formula is C11H17N3O. The summed E-state index contributed by atoms with van der Waals surface area (Å²) < 4.78 is 0. The van der Waals surface area contributed by atoms with E-state index in [4.69, 9.17) is 0 Å². The lowest BCUT2D eigenvalue weighted by Gasteiger charge is -2.32. The number of nitrogens with one attached hydrogen (secondary N) is 1. The zero-order valence-electron chi connectivity index (χ0n) is 8.82. The van der Waals surface area contributed by atoms with Gasteiger partial charge in [0, 0.05) is 18.9 Å². The second-order valence-electron chi connectivity index (χ2n) is 4.23. The number of hydrogen-bond acceptors (Lipinski definition) is 4. The van der Waals surface area contributed by atoms with Crippen LogP contribution in [0, 0.1) is 0 Å². The van der Waals surface area contributed by atoms with Crippen LogP contribution in [-0.4, -0.2) is 27.2 Å². The van der Waals surface area contributed by atoms with Gasteiger partial charge in [0.15, 0.2) is 0 Å². The standard InChI is InChI=1S/C11H17N3O/c15-11(4-2-1-3-5-11)9-14-10-8-12-6-7-13-10/h6-8,15H,1-5,9H2,(H,13,14). The monoisotopic (exact) mass is 207 g/mol. The van der Waals surface area contributed by atoms with Gasteiger partial charge >= 0.3 is 0 Å². The Hall–Kier alpha value is -1.16. The van der Waals surface area contributed by atoms with Crippen LogP contribution >= 0.6 is 0 Å². The van der Waals surface area contributed by atoms with Crippen LogP contribution in [0.4, 0.5) is 5.82 Å². The molecule has 1 saturated carbocycles. The Balaban J connectivity index is 1.87. The van der Waals surface area contributed by atoms with Crippen LogP contribution in [-0.2, 0) is 0 Å². The molecular weight excluding hydrogens is 190 g/mol. The maximum Gasteiger partial charge on any atom is 0.144 e. The number of nitrogens with zero attached hydrogens (tertiary/aromatic N) is 2. The van der Waals surface area contributed by atoms with Gasteiger partial charge in [-0.3, -0.25) is 4.98 Å². The Labute approximate surface area is 89.8 Å². The van der Waals surface area contributed by atoms with Gasteiger partial charge in [-0.2, -0.15) is 0 Å². The molecule has 15 heavy (non-hydrogen) atoms. The molecule has 2 rings (SSSR count). The molecule has 4 nitrogen and oxygen atoms in total. The largest absolute Gasteiger partial charge is 0.388 e. The molecule has 82 valence electrons. The lowest BCUT2D eigenvalue weighted by molar-refractivity contribution is 0.0166. The third-order valence-corrected chi connectivity index (χ3v) is 2.95. The van der Waals surface area contributed by atoms with Crippen LogP contribution < -0.4 is 5.32 Å². The van der Waals surface area contributed by atoms with E-state index in [0.717, 1.165) is 31.5 Å². The van der Waals surface area contributed by atoms with Crippen molar-refractivity contribution in [1.82, 2.24) is 9.97 Å². The fraction of sp³-hybridized carbons (Fsp3) is 0.636. The lowest BCUT2D eigenvalue weighted by Crippen LogP contribution is -2.38. The summed E-state index contributed by atoms with van der Waals surface area (Å²) in [5.74, 6) is 0.733. The molecule has 1 heterocycles. The minimum Gasteiger partial charge on any atom is -0.388 e. The van der Waals surface area contributed by atoms with E-state index >= 15 is 0 Å². The zero-order valence-corrected chi connectivity index (χ0v) is 8.82. The van der Waals surface area contributed by atoms with Gasteiger partial charge < -0.3 is 10.4 Å². The fourth-order valence-electron chi connectivity index (χ4n) is 2.03. The Morgan fingerprint density at radius 3 is 2.73 bits per heavy atom. The molecule has 0 saturated heterocycles. The summed E-state index contributed by atoms with van der Waals surface area (Å²) in [7, 11) is 0. The molecule has 0 spiro atoms. The first-order chi connectivity index (χ1) is 7.29. The Bertz CT molecular complexity index is 296. The topological polar surface area (TPSA) is 58.0 Å². The summed E-state index contributed by atoms with van der Waals surface area (Å²) in [4.78, 5) is 8.07. The lowest BCUT2D eigenvalue weighted by atomic mass is 9.85. The minimum absolute atomic E-state index is 0.546. The average molecular weight is 207 g/mol. The summed E-state index contributed by atoms with van der Waals surface area (Å²) in [6.07, 6.45) is 10.2. The predicted molar refractivity (Wildman–Crippen MR) is 58.6 cm³/mol. The molecule has 0 unspecified atom stereocenters. The zero-order chi connectivity index (χ0) is 10.6. The first kappa shape index (κ1) is 10.4. The molecule has 1 aromatic heterocycles. The van der Waals surface area contributed by atoms with Gasteiger partial charge in [0.1, 0.15) is 5.82 Å². The predicted octanol–water partition coefficient (Wildman–Crippen LogP) is 1.58. The Kier molecular flexibility index (Phi) is 3.16. The van der Waals surface area contributed by atoms with Gasteiger partial charge in [0.2, 0.25) is 0 Å². The fourth-order valence-corrected chi connectivity index (χ4v) is 2.03. The number of rotatable bonds is 3. The number of hydrogen-bond donors (Lipinski definition) is 2. The van der Waals surface area contributed by atoms with Crippen molar-refractivity contribution < 1.29 is 5.11 Å². The molecule has 0 radical (unpaired) electrons. The third-order valence-electron chi connectivity index (χ3n) is 2.95. The molecule has 0 aromatic carbocycles. The smallest absolute Gasteiger partial charge is 0.144 e. The van der Waals surface area contributed by atoms with Crippen LogP contribution in [0.3, 0.4) is 0 Å².